The van der Waals surface area contributed by atoms with Gasteiger partial charge in [0.05, 0.1) is 62.0 Å². The largest absolute Gasteiger partial charge is 1.00 e. The number of benzene rings is 5. The predicted octanol–water partition coefficient (Wildman–Crippen LogP) is 12.3. The molecule has 121 heavy (non-hydrogen) atoms. The summed E-state index contributed by atoms with van der Waals surface area (Å²) < 4.78 is 116. The molecule has 664 valence electrons. The number of nitrogens with zero attached hydrogens (tertiary/aromatic N) is 6. The summed E-state index contributed by atoms with van der Waals surface area (Å²) in [6, 6.07) is 41.0. The summed E-state index contributed by atoms with van der Waals surface area (Å²) in [6.07, 6.45) is 6.58. The number of rotatable bonds is 29. The molecule has 0 saturated carbocycles. The SMILES string of the molecule is CC#N.CC(C)I.Cc1[nH][nH]c(=O)c1Cc1ccc(OC(C)C)cc1.Cc1[nH]nc(OS(C)(=O)=O)c1Cc1ccc(OC(C)C)cc1.Cc1[nH]nc(OS(C)(=O)=O)c1Cc1ccc(OC(C)C)cc1.Cc1c(Cc2ccc(OC(C)C)cc2)c(=O)[nH]n1C(C)C.Cc1c(Cc2ccc(OC(C)C)cc2)c(OS(C)(=O)=O)nn1C(C)C.NCCO.[Li+].[OH-]. The number of ether oxygens (including phenoxy) is 5. The van der Waals surface area contributed by atoms with Crippen LogP contribution >= 0.6 is 22.6 Å². The molecule has 0 unspecified atom stereocenters. The van der Waals surface area contributed by atoms with Crippen LogP contribution in [-0.2, 0) is 62.5 Å². The molecule has 10 aromatic rings. The van der Waals surface area contributed by atoms with E-state index in [-0.39, 0.29) is 102 Å². The van der Waals surface area contributed by atoms with Crippen molar-refractivity contribution in [1.29, 1.82) is 5.26 Å². The van der Waals surface area contributed by atoms with Crippen molar-refractivity contribution in [3.8, 4) is 52.5 Å². The molecule has 5 aromatic carbocycles. The summed E-state index contributed by atoms with van der Waals surface area (Å²) in [6.45, 7) is 43.6. The number of halogens is 1. The molecule has 0 fully saturated rings. The number of nitriles is 1. The molecule has 0 bridgehead atoms. The zero-order valence-electron chi connectivity index (χ0n) is 74.9. The van der Waals surface area contributed by atoms with Crippen LogP contribution in [0.1, 0.15) is 214 Å². The van der Waals surface area contributed by atoms with Gasteiger partial charge in [0.25, 0.3) is 28.8 Å². The normalized spacial score (nSPS) is 10.9. The van der Waals surface area contributed by atoms with Gasteiger partial charge in [-0.1, -0.05) is 97.1 Å². The second-order valence-electron chi connectivity index (χ2n) is 29.9. The van der Waals surface area contributed by atoms with Crippen molar-refractivity contribution in [3.05, 3.63) is 226 Å². The van der Waals surface area contributed by atoms with Crippen molar-refractivity contribution in [2.24, 2.45) is 5.73 Å². The Balaban J connectivity index is 0.000000731. The first-order chi connectivity index (χ1) is 55.5. The number of aromatic amines is 5. The fourth-order valence-electron chi connectivity index (χ4n) is 10.9. The average Bonchev–Trinajstić information content (AvgIpc) is 1.66. The van der Waals surface area contributed by atoms with E-state index in [9.17, 15) is 34.8 Å². The first-order valence-electron chi connectivity index (χ1n) is 39.0. The van der Waals surface area contributed by atoms with E-state index in [2.05, 4.69) is 91.1 Å². The van der Waals surface area contributed by atoms with Gasteiger partial charge < -0.3 is 57.6 Å². The molecule has 0 aliphatic rings. The number of hydrogen-bond acceptors (Lipinski definition) is 23. The van der Waals surface area contributed by atoms with Gasteiger partial charge >= 0.3 is 49.2 Å². The Morgan fingerprint density at radius 1 is 0.438 bits per heavy atom. The molecule has 0 aliphatic carbocycles. The van der Waals surface area contributed by atoms with Crippen LogP contribution < -0.4 is 71.9 Å². The Kier molecular flexibility index (Phi) is 48.6. The van der Waals surface area contributed by atoms with Crippen LogP contribution in [0.4, 0.5) is 0 Å². The van der Waals surface area contributed by atoms with Crippen LogP contribution in [0.25, 0.3) is 0 Å². The maximum Gasteiger partial charge on any atom is 1.00 e. The number of aromatic nitrogens is 10. The second-order valence-corrected chi connectivity index (χ2v) is 37.1. The maximum absolute atomic E-state index is 12.1. The fraction of sp³-hybridized carbons (Fsp3) is 0.465. The van der Waals surface area contributed by atoms with Crippen LogP contribution in [0, 0.1) is 45.9 Å². The zero-order valence-corrected chi connectivity index (χ0v) is 79.5. The van der Waals surface area contributed by atoms with Crippen LogP contribution in [-0.4, -0.2) is 152 Å². The summed E-state index contributed by atoms with van der Waals surface area (Å²) in [7, 11) is -10.8. The Labute approximate surface area is 741 Å². The molecule has 5 aromatic heterocycles. The van der Waals surface area contributed by atoms with E-state index in [0.717, 1.165) is 136 Å². The number of aryl methyl sites for hydroxylation is 3. The van der Waals surface area contributed by atoms with Gasteiger partial charge in [0, 0.05) is 118 Å². The van der Waals surface area contributed by atoms with E-state index in [1.54, 1.807) is 10.8 Å². The summed E-state index contributed by atoms with van der Waals surface area (Å²) >= 11 is 2.34. The van der Waals surface area contributed by atoms with Crippen LogP contribution in [0.3, 0.4) is 0 Å². The molecule has 30 nitrogen and oxygen atoms in total. The Morgan fingerprint density at radius 3 is 0.934 bits per heavy atom. The van der Waals surface area contributed by atoms with Gasteiger partial charge in [-0.3, -0.25) is 39.3 Å². The predicted molar refractivity (Wildman–Crippen MR) is 480 cm³/mol. The van der Waals surface area contributed by atoms with Crippen LogP contribution in [0.2, 0.25) is 0 Å². The monoisotopic (exact) mass is 1840 g/mol. The van der Waals surface area contributed by atoms with Crippen molar-refractivity contribution < 1.29 is 90.9 Å². The van der Waals surface area contributed by atoms with Gasteiger partial charge in [0.2, 0.25) is 0 Å². The number of hydrogen-bond donors (Lipinski definition) is 7. The van der Waals surface area contributed by atoms with Gasteiger partial charge in [-0.15, -0.1) is 15.3 Å². The number of alkyl halides is 1. The molecule has 9 N–H and O–H groups in total. The summed E-state index contributed by atoms with van der Waals surface area (Å²) in [4.78, 5) is 23.6. The molecule has 0 aliphatic heterocycles. The number of H-pyrrole nitrogens is 5. The third kappa shape index (κ3) is 42.4. The minimum absolute atomic E-state index is 0. The van der Waals surface area contributed by atoms with E-state index in [1.165, 1.54) is 6.92 Å². The standard InChI is InChI=1S/C18H26N2O4S.C17H24N2O2.2C15H20N2O4S.C14H18N2O2.C3H7I.C2H7NO.C2H3N.Li.H2O/c1-12(2)20-14(5)17(18(19-20)24-25(6,21)22)11-15-7-9-16(10-8-15)23-13(3)4;1-11(2)19-13(5)16(17(20)18-19)10-14-6-8-15(9-7-14)21-12(3)4;2*1-10(2)20-13-7-5-12(6-8-13)9-14-11(3)16-17-15(14)21-22(4,18)19;1-9(2)18-12-6-4-11(5-7-12)8-13-10(3)15-16-14(13)17;1-3(2)4;3-1-2-4;1-2-3;;/h7-10,12-13H,11H2,1-6H3;6-9,11-12H,10H2,1-5H3,(H,18,20);2*5-8,10H,9H2,1-4H3,(H,16,17);4-7,9H,8H2,1-3H3,(H2,15,16,17);3H,1-2H3;4H,1-3H2;1H3;;1H2/q;;;;;;;;+1;/p-1. The quantitative estimate of drug-likeness (QED) is 0.00990. The van der Waals surface area contributed by atoms with E-state index < -0.39 is 30.4 Å². The molecule has 35 heteroatoms. The molecule has 0 atom stereocenters. The number of nitrogens with two attached hydrogens (primary N) is 1. The van der Waals surface area contributed by atoms with E-state index >= 15 is 0 Å². The molecule has 0 radical (unpaired) electrons. The van der Waals surface area contributed by atoms with Gasteiger partial charge in [-0.25, -0.2) is 0 Å². The molecular formula is C86H126ILiN12O18S3. The van der Waals surface area contributed by atoms with Gasteiger partial charge in [-0.2, -0.15) is 30.5 Å². The van der Waals surface area contributed by atoms with Crippen molar-refractivity contribution in [2.75, 3.05) is 31.9 Å². The average molecular weight is 1850 g/mol. The van der Waals surface area contributed by atoms with Gasteiger partial charge in [0.15, 0.2) is 0 Å². The van der Waals surface area contributed by atoms with Crippen LogP contribution in [0.5, 0.6) is 46.4 Å². The Morgan fingerprint density at radius 2 is 0.702 bits per heavy atom. The summed E-state index contributed by atoms with van der Waals surface area (Å²) in [5.41, 5.74) is 18.2. The van der Waals surface area contributed by atoms with Crippen molar-refractivity contribution in [3.63, 3.8) is 0 Å². The fourth-order valence-corrected chi connectivity index (χ4v) is 12.2. The minimum Gasteiger partial charge on any atom is -0.870 e. The molecule has 10 rings (SSSR count). The molecule has 5 heterocycles. The first kappa shape index (κ1) is 110. The second kappa shape index (κ2) is 53.6. The third-order valence-corrected chi connectivity index (χ3v) is 17.3. The summed E-state index contributed by atoms with van der Waals surface area (Å²) in [5, 5.41) is 41.0. The van der Waals surface area contributed by atoms with Crippen LogP contribution in [0.15, 0.2) is 131 Å². The van der Waals surface area contributed by atoms with E-state index in [0.29, 0.717) is 38.6 Å². The number of aliphatic hydroxyl groups excluding tert-OH is 1. The van der Waals surface area contributed by atoms with Gasteiger partial charge in [0.1, 0.15) is 28.7 Å². The summed E-state index contributed by atoms with van der Waals surface area (Å²) in [5.74, 6) is 4.47. The topological polar surface area (TPSA) is 438 Å². The zero-order chi connectivity index (χ0) is 89.8. The first-order valence-corrected chi connectivity index (χ1v) is 45.7. The Hall–Kier alpha value is -9.30. The molecule has 0 amide bonds. The smallest absolute Gasteiger partial charge is 0.870 e. The maximum atomic E-state index is 12.1. The Bertz CT molecular complexity index is 5050. The molecule has 0 spiro atoms. The van der Waals surface area contributed by atoms with Crippen molar-refractivity contribution >= 4 is 52.9 Å². The molecule has 0 saturated heterocycles. The van der Waals surface area contributed by atoms with E-state index in [1.807, 2.05) is 244 Å². The number of nitrogens with one attached hydrogen (secondary N) is 5. The minimum atomic E-state index is -3.64. The van der Waals surface area contributed by atoms with E-state index in [4.69, 9.17) is 52.3 Å². The van der Waals surface area contributed by atoms with Crippen molar-refractivity contribution in [2.45, 2.75) is 231 Å². The molecular weight excluding hydrogens is 1720 g/mol. The number of aliphatic hydroxyl groups is 1. The third-order valence-electron chi connectivity index (χ3n) is 15.9. The van der Waals surface area contributed by atoms with Gasteiger partial charge in [-0.05, 0) is 220 Å². The van der Waals surface area contributed by atoms with Crippen molar-refractivity contribution in [1.82, 2.24) is 50.2 Å².